The van der Waals surface area contributed by atoms with Crippen LogP contribution in [0.25, 0.3) is 0 Å². The number of nitrogens with zero attached hydrogens (tertiary/aromatic N) is 3. The van der Waals surface area contributed by atoms with Crippen LogP contribution in [0.2, 0.25) is 0 Å². The Labute approximate surface area is 67.6 Å². The smallest absolute Gasteiger partial charge is 0.338 e. The van der Waals surface area contributed by atoms with Crippen molar-refractivity contribution in [1.29, 1.82) is 0 Å². The third kappa shape index (κ3) is 1.52. The van der Waals surface area contributed by atoms with Gasteiger partial charge in [0.1, 0.15) is 6.33 Å². The van der Waals surface area contributed by atoms with Gasteiger partial charge in [-0.2, -0.15) is 5.01 Å². The van der Waals surface area contributed by atoms with Crippen molar-refractivity contribution in [2.45, 2.75) is 6.41 Å². The maximum atomic E-state index is 10.6. The highest BCUT2D eigenvalue weighted by Gasteiger charge is 2.17. The van der Waals surface area contributed by atoms with E-state index in [2.05, 4.69) is 4.98 Å². The third-order valence-electron chi connectivity index (χ3n) is 1.18. The highest BCUT2D eigenvalue weighted by atomic mass is 16.5. The van der Waals surface area contributed by atoms with Crippen LogP contribution in [0.5, 0.6) is 0 Å². The van der Waals surface area contributed by atoms with Crippen molar-refractivity contribution in [3.63, 3.8) is 0 Å². The summed E-state index contributed by atoms with van der Waals surface area (Å²) in [4.78, 5) is 14.2. The van der Waals surface area contributed by atoms with Crippen molar-refractivity contribution in [3.8, 4) is 0 Å². The van der Waals surface area contributed by atoms with Crippen molar-refractivity contribution < 1.29 is 15.0 Å². The van der Waals surface area contributed by atoms with Gasteiger partial charge in [0.25, 0.3) is 6.41 Å². The van der Waals surface area contributed by atoms with Gasteiger partial charge in [-0.3, -0.25) is 0 Å². The first-order valence-electron chi connectivity index (χ1n) is 3.06. The molecule has 1 aromatic heterocycles. The molecule has 0 aromatic carbocycles. The molecular weight excluding hydrogens is 164 g/mol. The summed E-state index contributed by atoms with van der Waals surface area (Å²) in [6.07, 6.45) is 1.96. The predicted octanol–water partition coefficient (Wildman–Crippen LogP) is -1.83. The highest BCUT2D eigenvalue weighted by molar-refractivity contribution is 5.82. The van der Waals surface area contributed by atoms with Gasteiger partial charge in [-0.1, -0.05) is 0 Å². The number of hydrogen-bond donors (Lipinski definition) is 3. The largest absolute Gasteiger partial charge is 0.350 e. The van der Waals surface area contributed by atoms with Crippen molar-refractivity contribution in [2.75, 3.05) is 5.01 Å². The molecule has 0 fully saturated rings. The quantitative estimate of drug-likeness (QED) is 0.456. The van der Waals surface area contributed by atoms with Crippen LogP contribution in [0.3, 0.4) is 0 Å². The first-order chi connectivity index (χ1) is 5.63. The third-order valence-corrected chi connectivity index (χ3v) is 1.18. The fraction of sp³-hybridized carbons (Fsp3) is 0.200. The minimum Gasteiger partial charge on any atom is -0.350 e. The summed E-state index contributed by atoms with van der Waals surface area (Å²) in [5, 5.41) is 17.9. The Bertz CT molecular complexity index is 258. The van der Waals surface area contributed by atoms with Gasteiger partial charge in [-0.25, -0.2) is 14.5 Å². The number of carbonyl (C=O) groups excluding carboxylic acids is 1. The van der Waals surface area contributed by atoms with E-state index in [1.54, 1.807) is 0 Å². The Kier molecular flexibility index (Phi) is 2.26. The van der Waals surface area contributed by atoms with Crippen LogP contribution in [-0.4, -0.2) is 32.3 Å². The molecule has 4 N–H and O–H groups in total. The maximum absolute atomic E-state index is 10.6. The molecule has 0 saturated heterocycles. The number of carbonyl (C=O) groups is 1. The molecule has 1 heterocycles. The summed E-state index contributed by atoms with van der Waals surface area (Å²) in [5.41, 5.74) is 4.85. The fourth-order valence-electron chi connectivity index (χ4n) is 0.726. The lowest BCUT2D eigenvalue weighted by atomic mass is 10.8. The second-order valence-corrected chi connectivity index (χ2v) is 1.97. The summed E-state index contributed by atoms with van der Waals surface area (Å²) in [7, 11) is 0. The van der Waals surface area contributed by atoms with Gasteiger partial charge in [0.2, 0.25) is 0 Å². The summed E-state index contributed by atoms with van der Waals surface area (Å²) >= 11 is 0. The van der Waals surface area contributed by atoms with Gasteiger partial charge in [0, 0.05) is 12.4 Å². The second kappa shape index (κ2) is 3.20. The standard InChI is InChI=1S/C5H8N4O3/c6-4(10)9(5(11)12)8-2-1-7-3-8/h1-3,5,11-12H,(H2,6,10). The van der Waals surface area contributed by atoms with Gasteiger partial charge in [-0.05, 0) is 0 Å². The number of urea groups is 1. The number of rotatable bonds is 2. The Morgan fingerprint density at radius 2 is 2.33 bits per heavy atom. The summed E-state index contributed by atoms with van der Waals surface area (Å²) in [5.74, 6) is 0. The van der Waals surface area contributed by atoms with Crippen LogP contribution in [-0.2, 0) is 0 Å². The molecule has 0 atom stereocenters. The Morgan fingerprint density at radius 1 is 1.67 bits per heavy atom. The number of nitrogens with two attached hydrogens (primary N) is 1. The van der Waals surface area contributed by atoms with E-state index in [0.717, 1.165) is 4.68 Å². The topological polar surface area (TPSA) is 105 Å². The van der Waals surface area contributed by atoms with Crippen molar-refractivity contribution in [1.82, 2.24) is 9.66 Å². The number of amides is 2. The van der Waals surface area contributed by atoms with Gasteiger partial charge < -0.3 is 15.9 Å². The average molecular weight is 172 g/mol. The van der Waals surface area contributed by atoms with Gasteiger partial charge >= 0.3 is 6.03 Å². The Hall–Kier alpha value is -1.60. The van der Waals surface area contributed by atoms with E-state index in [1.165, 1.54) is 18.7 Å². The van der Waals surface area contributed by atoms with E-state index in [1.807, 2.05) is 0 Å². The van der Waals surface area contributed by atoms with Crippen molar-refractivity contribution >= 4 is 6.03 Å². The van der Waals surface area contributed by atoms with E-state index < -0.39 is 12.4 Å². The van der Waals surface area contributed by atoms with Gasteiger partial charge in [0.15, 0.2) is 0 Å². The number of aliphatic hydroxyl groups excluding tert-OH is 1. The molecule has 66 valence electrons. The predicted molar refractivity (Wildman–Crippen MR) is 38.3 cm³/mol. The SMILES string of the molecule is NC(=O)N(C(O)O)n1ccnc1. The number of hydrogen-bond acceptors (Lipinski definition) is 4. The first kappa shape index (κ1) is 8.50. The molecular formula is C5H8N4O3. The Balaban J connectivity index is 2.88. The number of aliphatic hydroxyl groups is 2. The van der Waals surface area contributed by atoms with Crippen molar-refractivity contribution in [3.05, 3.63) is 18.7 Å². The van der Waals surface area contributed by atoms with Crippen LogP contribution in [0.1, 0.15) is 0 Å². The minimum absolute atomic E-state index is 0.521. The molecule has 0 radical (unpaired) electrons. The molecule has 0 aliphatic carbocycles. The average Bonchev–Trinajstić information content (AvgIpc) is 2.37. The van der Waals surface area contributed by atoms with Gasteiger partial charge in [0.05, 0.1) is 0 Å². The molecule has 0 unspecified atom stereocenters. The van der Waals surface area contributed by atoms with E-state index in [0.29, 0.717) is 5.01 Å². The lowest BCUT2D eigenvalue weighted by Gasteiger charge is -2.21. The number of aromatic nitrogens is 2. The molecule has 0 bridgehead atoms. The zero-order chi connectivity index (χ0) is 9.14. The zero-order valence-corrected chi connectivity index (χ0v) is 6.03. The molecule has 0 spiro atoms. The molecule has 0 aliphatic heterocycles. The number of primary amides is 1. The normalized spacial score (nSPS) is 10.2. The molecule has 1 rings (SSSR count). The first-order valence-corrected chi connectivity index (χ1v) is 3.06. The second-order valence-electron chi connectivity index (χ2n) is 1.97. The van der Waals surface area contributed by atoms with Crippen LogP contribution in [0.4, 0.5) is 4.79 Å². The van der Waals surface area contributed by atoms with Crippen molar-refractivity contribution in [2.24, 2.45) is 5.73 Å². The highest BCUT2D eigenvalue weighted by Crippen LogP contribution is 1.93. The van der Waals surface area contributed by atoms with Crippen LogP contribution < -0.4 is 10.7 Å². The lowest BCUT2D eigenvalue weighted by Crippen LogP contribution is -2.50. The maximum Gasteiger partial charge on any atom is 0.338 e. The Morgan fingerprint density at radius 3 is 2.67 bits per heavy atom. The molecule has 2 amide bonds. The lowest BCUT2D eigenvalue weighted by molar-refractivity contribution is -0.0484. The molecule has 1 aromatic rings. The minimum atomic E-state index is -1.98. The van der Waals surface area contributed by atoms with Crippen LogP contribution >= 0.6 is 0 Å². The van der Waals surface area contributed by atoms with E-state index >= 15 is 0 Å². The van der Waals surface area contributed by atoms with Gasteiger partial charge in [-0.15, -0.1) is 0 Å². The molecule has 7 heteroatoms. The molecule has 12 heavy (non-hydrogen) atoms. The molecule has 7 nitrogen and oxygen atoms in total. The molecule has 0 saturated carbocycles. The number of imidazole rings is 1. The molecule has 0 aliphatic rings. The van der Waals surface area contributed by atoms with Crippen LogP contribution in [0.15, 0.2) is 18.7 Å². The monoisotopic (exact) mass is 172 g/mol. The van der Waals surface area contributed by atoms with E-state index in [9.17, 15) is 4.79 Å². The summed E-state index contributed by atoms with van der Waals surface area (Å²) < 4.78 is 1.06. The van der Waals surface area contributed by atoms with E-state index in [4.69, 9.17) is 15.9 Å². The fourth-order valence-corrected chi connectivity index (χ4v) is 0.726. The summed E-state index contributed by atoms with van der Waals surface area (Å²) in [6.45, 7) is 0. The van der Waals surface area contributed by atoms with E-state index in [-0.39, 0.29) is 0 Å². The van der Waals surface area contributed by atoms with Crippen LogP contribution in [0, 0.1) is 0 Å². The zero-order valence-electron chi connectivity index (χ0n) is 6.03. The summed E-state index contributed by atoms with van der Waals surface area (Å²) in [6, 6.07) is -0.983.